The van der Waals surface area contributed by atoms with Crippen LogP contribution >= 0.6 is 12.2 Å². The molecule has 2 aromatic carbocycles. The van der Waals surface area contributed by atoms with Crippen LogP contribution in [0.2, 0.25) is 0 Å². The number of amides is 1. The number of aromatic amines is 1. The molecule has 0 bridgehead atoms. The first-order valence-corrected chi connectivity index (χ1v) is 7.47. The molecule has 0 aliphatic carbocycles. The Labute approximate surface area is 134 Å². The fourth-order valence-corrected chi connectivity index (χ4v) is 2.70. The Bertz CT molecular complexity index is 885. The Balaban J connectivity index is 1.83. The van der Waals surface area contributed by atoms with Gasteiger partial charge in [0.1, 0.15) is 4.64 Å². The zero-order valence-electron chi connectivity index (χ0n) is 12.2. The number of nitrogens with zero attached hydrogens (tertiary/aromatic N) is 1. The Morgan fingerprint density at radius 1 is 1.09 bits per heavy atom. The van der Waals surface area contributed by atoms with Gasteiger partial charge in [0, 0.05) is 19.8 Å². The predicted molar refractivity (Wildman–Crippen MR) is 91.4 cm³/mol. The first kappa shape index (κ1) is 14.5. The van der Waals surface area contributed by atoms with Crippen LogP contribution in [0.4, 0.5) is 0 Å². The number of pyridine rings is 1. The molecule has 4 heteroatoms. The molecule has 1 heterocycles. The highest BCUT2D eigenvalue weighted by Crippen LogP contribution is 2.17. The molecule has 1 aromatic heterocycles. The summed E-state index contributed by atoms with van der Waals surface area (Å²) in [6.45, 7) is 0.549. The van der Waals surface area contributed by atoms with Crippen LogP contribution in [0.3, 0.4) is 0 Å². The number of nitrogens with one attached hydrogen (secondary N) is 1. The van der Waals surface area contributed by atoms with Gasteiger partial charge < -0.3 is 9.88 Å². The summed E-state index contributed by atoms with van der Waals surface area (Å²) >= 11 is 5.17. The molecule has 0 radical (unpaired) electrons. The summed E-state index contributed by atoms with van der Waals surface area (Å²) in [7, 11) is 1.79. The predicted octanol–water partition coefficient (Wildman–Crippen LogP) is 4.17. The molecule has 110 valence electrons. The van der Waals surface area contributed by atoms with Gasteiger partial charge in [-0.15, -0.1) is 0 Å². The zero-order valence-corrected chi connectivity index (χ0v) is 13.1. The molecule has 1 amide bonds. The average Bonchev–Trinajstić information content (AvgIpc) is 2.54. The van der Waals surface area contributed by atoms with E-state index in [0.717, 1.165) is 5.56 Å². The van der Waals surface area contributed by atoms with E-state index < -0.39 is 0 Å². The lowest BCUT2D eigenvalue weighted by Gasteiger charge is -2.17. The lowest BCUT2D eigenvalue weighted by atomic mass is 10.1. The van der Waals surface area contributed by atoms with Gasteiger partial charge in [-0.1, -0.05) is 48.6 Å². The second-order valence-corrected chi connectivity index (χ2v) is 5.66. The van der Waals surface area contributed by atoms with Crippen LogP contribution in [0, 0.1) is 4.64 Å². The number of carbonyl (C=O) groups is 1. The van der Waals surface area contributed by atoms with Crippen molar-refractivity contribution in [2.24, 2.45) is 0 Å². The molecular formula is C18H16N2OS. The lowest BCUT2D eigenvalue weighted by molar-refractivity contribution is 0.0784. The van der Waals surface area contributed by atoms with Crippen molar-refractivity contribution in [3.05, 3.63) is 76.6 Å². The maximum atomic E-state index is 12.5. The largest absolute Gasteiger partial charge is 0.352 e. The molecule has 0 spiro atoms. The second-order valence-electron chi connectivity index (χ2n) is 5.26. The molecule has 1 N–H and O–H groups in total. The van der Waals surface area contributed by atoms with Gasteiger partial charge in [0.2, 0.25) is 0 Å². The van der Waals surface area contributed by atoms with E-state index in [0.29, 0.717) is 16.7 Å². The van der Waals surface area contributed by atoms with Crippen LogP contribution in [0.1, 0.15) is 15.9 Å². The van der Waals surface area contributed by atoms with Crippen LogP contribution < -0.4 is 0 Å². The molecule has 0 aliphatic heterocycles. The van der Waals surface area contributed by atoms with Gasteiger partial charge >= 0.3 is 0 Å². The minimum Gasteiger partial charge on any atom is -0.352 e. The van der Waals surface area contributed by atoms with Crippen LogP contribution in [-0.2, 0) is 6.54 Å². The van der Waals surface area contributed by atoms with Crippen molar-refractivity contribution in [1.82, 2.24) is 9.88 Å². The van der Waals surface area contributed by atoms with E-state index in [9.17, 15) is 4.79 Å². The Morgan fingerprint density at radius 3 is 2.64 bits per heavy atom. The SMILES string of the molecule is CN(Cc1ccc2ccccc2c1)C(=O)c1ccc[nH]c1=S. The number of fused-ring (bicyclic) bond motifs is 1. The van der Waals surface area contributed by atoms with Crippen molar-refractivity contribution < 1.29 is 4.79 Å². The quantitative estimate of drug-likeness (QED) is 0.737. The van der Waals surface area contributed by atoms with Crippen LogP contribution in [0.15, 0.2) is 60.8 Å². The summed E-state index contributed by atoms with van der Waals surface area (Å²) in [4.78, 5) is 17.0. The number of aromatic nitrogens is 1. The van der Waals surface area contributed by atoms with Crippen LogP contribution in [0.5, 0.6) is 0 Å². The van der Waals surface area contributed by atoms with Crippen LogP contribution in [-0.4, -0.2) is 22.8 Å². The topological polar surface area (TPSA) is 36.1 Å². The molecule has 0 saturated heterocycles. The number of hydrogen-bond acceptors (Lipinski definition) is 2. The standard InChI is InChI=1S/C18H16N2OS/c1-20(18(21)16-7-4-10-19-17(16)22)12-13-8-9-14-5-2-3-6-15(14)11-13/h2-11H,12H2,1H3,(H,19,22). The fraction of sp³-hybridized carbons (Fsp3) is 0.111. The van der Waals surface area contributed by atoms with Crippen molar-refractivity contribution in [1.29, 1.82) is 0 Å². The summed E-state index contributed by atoms with van der Waals surface area (Å²) in [5.74, 6) is -0.0741. The maximum Gasteiger partial charge on any atom is 0.256 e. The summed E-state index contributed by atoms with van der Waals surface area (Å²) < 4.78 is 0.470. The highest BCUT2D eigenvalue weighted by molar-refractivity contribution is 7.71. The van der Waals surface area contributed by atoms with E-state index in [-0.39, 0.29) is 5.91 Å². The first-order valence-electron chi connectivity index (χ1n) is 7.06. The third-order valence-corrected chi connectivity index (χ3v) is 3.97. The number of benzene rings is 2. The van der Waals surface area contributed by atoms with Gasteiger partial charge in [-0.05, 0) is 34.5 Å². The molecule has 3 nitrogen and oxygen atoms in total. The van der Waals surface area contributed by atoms with E-state index in [1.165, 1.54) is 10.8 Å². The molecule has 0 unspecified atom stereocenters. The lowest BCUT2D eigenvalue weighted by Crippen LogP contribution is -2.26. The minimum absolute atomic E-state index is 0.0741. The van der Waals surface area contributed by atoms with Crippen molar-refractivity contribution >= 4 is 28.9 Å². The van der Waals surface area contributed by atoms with E-state index in [4.69, 9.17) is 12.2 Å². The number of H-pyrrole nitrogens is 1. The van der Waals surface area contributed by atoms with Gasteiger partial charge in [0.25, 0.3) is 5.91 Å². The highest BCUT2D eigenvalue weighted by atomic mass is 32.1. The number of carbonyl (C=O) groups excluding carboxylic acids is 1. The van der Waals surface area contributed by atoms with Crippen LogP contribution in [0.25, 0.3) is 10.8 Å². The third-order valence-electron chi connectivity index (χ3n) is 3.63. The van der Waals surface area contributed by atoms with E-state index in [1.807, 2.05) is 12.1 Å². The smallest absolute Gasteiger partial charge is 0.256 e. The Kier molecular flexibility index (Phi) is 4.02. The Morgan fingerprint density at radius 2 is 1.86 bits per heavy atom. The fourth-order valence-electron chi connectivity index (χ4n) is 2.48. The van der Waals surface area contributed by atoms with Crippen molar-refractivity contribution in [3.8, 4) is 0 Å². The molecule has 22 heavy (non-hydrogen) atoms. The molecule has 0 fully saturated rings. The number of hydrogen-bond donors (Lipinski definition) is 1. The summed E-state index contributed by atoms with van der Waals surface area (Å²) in [5.41, 5.74) is 1.63. The van der Waals surface area contributed by atoms with E-state index in [2.05, 4.69) is 35.3 Å². The van der Waals surface area contributed by atoms with E-state index >= 15 is 0 Å². The zero-order chi connectivity index (χ0) is 15.5. The molecule has 0 aliphatic rings. The minimum atomic E-state index is -0.0741. The van der Waals surface area contributed by atoms with Gasteiger partial charge in [-0.2, -0.15) is 0 Å². The molecule has 3 aromatic rings. The Hall–Kier alpha value is -2.46. The molecule has 0 atom stereocenters. The highest BCUT2D eigenvalue weighted by Gasteiger charge is 2.13. The van der Waals surface area contributed by atoms with Crippen molar-refractivity contribution in [3.63, 3.8) is 0 Å². The molecule has 3 rings (SSSR count). The first-order chi connectivity index (χ1) is 10.6. The van der Waals surface area contributed by atoms with Crippen molar-refractivity contribution in [2.45, 2.75) is 6.54 Å². The maximum absolute atomic E-state index is 12.5. The van der Waals surface area contributed by atoms with Gasteiger partial charge in [-0.3, -0.25) is 4.79 Å². The van der Waals surface area contributed by atoms with E-state index in [1.54, 1.807) is 30.3 Å². The van der Waals surface area contributed by atoms with Gasteiger partial charge in [0.05, 0.1) is 5.56 Å². The second kappa shape index (κ2) is 6.12. The number of rotatable bonds is 3. The molecular weight excluding hydrogens is 292 g/mol. The summed E-state index contributed by atoms with van der Waals surface area (Å²) in [6.07, 6.45) is 1.72. The van der Waals surface area contributed by atoms with Gasteiger partial charge in [-0.25, -0.2) is 0 Å². The van der Waals surface area contributed by atoms with Crippen molar-refractivity contribution in [2.75, 3.05) is 7.05 Å². The third kappa shape index (κ3) is 2.92. The normalized spacial score (nSPS) is 10.6. The molecule has 0 saturated carbocycles. The monoisotopic (exact) mass is 308 g/mol. The average molecular weight is 308 g/mol. The van der Waals surface area contributed by atoms with Gasteiger partial charge in [0.15, 0.2) is 0 Å². The summed E-state index contributed by atoms with van der Waals surface area (Å²) in [5, 5.41) is 2.38. The summed E-state index contributed by atoms with van der Waals surface area (Å²) in [6, 6.07) is 18.0.